The number of aliphatic hydroxyl groups is 1. The van der Waals surface area contributed by atoms with Gasteiger partial charge < -0.3 is 30.5 Å². The van der Waals surface area contributed by atoms with Crippen molar-refractivity contribution in [3.63, 3.8) is 0 Å². The number of methoxy groups -OCH3 is 2. The second-order valence-corrected chi connectivity index (χ2v) is 9.57. The molecule has 38 heavy (non-hydrogen) atoms. The lowest BCUT2D eigenvalue weighted by molar-refractivity contribution is -0.168. The Hall–Kier alpha value is -3.61. The molecule has 1 aromatic carbocycles. The molecule has 0 bridgehead atoms. The van der Waals surface area contributed by atoms with E-state index in [4.69, 9.17) is 4.74 Å². The van der Waals surface area contributed by atoms with Crippen LogP contribution in [0.25, 0.3) is 0 Å². The van der Waals surface area contributed by atoms with Crippen LogP contribution in [0.3, 0.4) is 0 Å². The number of esters is 1. The average molecular weight is 531 g/mol. The molecule has 2 aliphatic heterocycles. The lowest BCUT2D eigenvalue weighted by atomic mass is 9.69. The van der Waals surface area contributed by atoms with Gasteiger partial charge in [0, 0.05) is 31.8 Å². The standard InChI is InChI=1S/C26H34N4O8/c1-14(2)13-18(31)17(11-12-19(32)37-5)29-24(35)25-23(34)28-16-10-8-7-9-15(16)26(25,36)21(38-6)20(30(25)4)22(33)27-3/h7-10,13,17,20-21,36H,11-12H2,1-6H3,(H,27,33)(H,28,34)(H,29,35)/t17-,20+,21-,25-,26?/m0/s1. The number of allylic oxidation sites excluding steroid dienone is 1. The third-order valence-corrected chi connectivity index (χ3v) is 7.15. The summed E-state index contributed by atoms with van der Waals surface area (Å²) in [7, 11) is 5.22. The largest absolute Gasteiger partial charge is 0.469 e. The molecule has 0 radical (unpaired) electrons. The van der Waals surface area contributed by atoms with Crippen LogP contribution in [-0.4, -0.2) is 91.5 Å². The van der Waals surface area contributed by atoms with Crippen LogP contribution in [0, 0.1) is 0 Å². The van der Waals surface area contributed by atoms with Gasteiger partial charge in [0.05, 0.1) is 13.2 Å². The molecule has 2 aliphatic rings. The number of hydrogen-bond donors (Lipinski definition) is 4. The first-order valence-corrected chi connectivity index (χ1v) is 12.1. The summed E-state index contributed by atoms with van der Waals surface area (Å²) in [6.45, 7) is 3.39. The predicted molar refractivity (Wildman–Crippen MR) is 136 cm³/mol. The van der Waals surface area contributed by atoms with Crippen molar-refractivity contribution in [1.82, 2.24) is 15.5 Å². The number of para-hydroxylation sites is 1. The average Bonchev–Trinajstić information content (AvgIpc) is 3.09. The number of carbonyl (C=O) groups excluding carboxylic acids is 5. The lowest BCUT2D eigenvalue weighted by Crippen LogP contribution is -2.74. The molecule has 5 atom stereocenters. The van der Waals surface area contributed by atoms with Gasteiger partial charge in [0.15, 0.2) is 11.4 Å². The fourth-order valence-corrected chi connectivity index (χ4v) is 5.43. The monoisotopic (exact) mass is 530 g/mol. The number of ether oxygens (including phenoxy) is 2. The smallest absolute Gasteiger partial charge is 0.305 e. The van der Waals surface area contributed by atoms with Gasteiger partial charge >= 0.3 is 5.97 Å². The third-order valence-electron chi connectivity index (χ3n) is 7.15. The number of fused-ring (bicyclic) bond motifs is 3. The Labute approximate surface area is 220 Å². The second-order valence-electron chi connectivity index (χ2n) is 9.57. The zero-order chi connectivity index (χ0) is 28.4. The minimum atomic E-state index is -2.42. The molecule has 0 spiro atoms. The van der Waals surface area contributed by atoms with Crippen molar-refractivity contribution in [3.05, 3.63) is 41.5 Å². The Morgan fingerprint density at radius 1 is 1.21 bits per heavy atom. The highest BCUT2D eigenvalue weighted by Gasteiger charge is 2.78. The van der Waals surface area contributed by atoms with Gasteiger partial charge in [-0.25, -0.2) is 0 Å². The molecule has 0 aromatic heterocycles. The van der Waals surface area contributed by atoms with Crippen molar-refractivity contribution in [2.75, 3.05) is 33.6 Å². The van der Waals surface area contributed by atoms with Gasteiger partial charge in [-0.05, 0) is 39.5 Å². The number of nitrogens with zero attached hydrogens (tertiary/aromatic N) is 1. The molecule has 1 unspecified atom stereocenters. The number of rotatable bonds is 9. The fourth-order valence-electron chi connectivity index (χ4n) is 5.43. The van der Waals surface area contributed by atoms with Gasteiger partial charge in [-0.1, -0.05) is 23.8 Å². The summed E-state index contributed by atoms with van der Waals surface area (Å²) in [5.41, 5.74) is -3.69. The van der Waals surface area contributed by atoms with Crippen molar-refractivity contribution >= 4 is 35.2 Å². The molecule has 2 heterocycles. The van der Waals surface area contributed by atoms with Crippen LogP contribution in [0.2, 0.25) is 0 Å². The maximum atomic E-state index is 14.2. The molecule has 206 valence electrons. The number of likely N-dealkylation sites (tertiary alicyclic amines) is 1. The zero-order valence-electron chi connectivity index (χ0n) is 22.3. The predicted octanol–water partition coefficient (Wildman–Crippen LogP) is -0.387. The molecular weight excluding hydrogens is 496 g/mol. The summed E-state index contributed by atoms with van der Waals surface area (Å²) in [5, 5.41) is 20.2. The molecule has 0 aliphatic carbocycles. The van der Waals surface area contributed by atoms with E-state index in [0.717, 1.165) is 0 Å². The van der Waals surface area contributed by atoms with Gasteiger partial charge in [0.2, 0.25) is 11.4 Å². The van der Waals surface area contributed by atoms with Crippen LogP contribution in [-0.2, 0) is 39.0 Å². The fraction of sp³-hybridized carbons (Fsp3) is 0.500. The molecule has 0 saturated carbocycles. The minimum absolute atomic E-state index is 0.121. The first-order valence-electron chi connectivity index (χ1n) is 12.1. The van der Waals surface area contributed by atoms with E-state index in [1.54, 1.807) is 32.0 Å². The molecule has 12 heteroatoms. The first-order chi connectivity index (χ1) is 17.9. The molecule has 3 rings (SSSR count). The normalized spacial score (nSPS) is 26.8. The van der Waals surface area contributed by atoms with E-state index in [1.807, 2.05) is 0 Å². The van der Waals surface area contributed by atoms with E-state index in [-0.39, 0.29) is 24.1 Å². The van der Waals surface area contributed by atoms with Gasteiger partial charge in [0.1, 0.15) is 12.1 Å². The number of likely N-dealkylation sites (N-methyl/N-ethyl adjacent to an activating group) is 2. The number of ketones is 1. The molecule has 1 fully saturated rings. The number of nitrogens with one attached hydrogen (secondary N) is 3. The SMILES string of the molecule is CNC(=O)[C@H]1[C@H](OC)C2(O)c3ccccc3NC(=O)[C@@]2(C(=O)N[C@@H](CCC(=O)OC)C(=O)C=C(C)C)N1C. The van der Waals surface area contributed by atoms with Gasteiger partial charge in [-0.15, -0.1) is 0 Å². The number of benzene rings is 1. The van der Waals surface area contributed by atoms with Gasteiger partial charge in [0.25, 0.3) is 11.8 Å². The van der Waals surface area contributed by atoms with Crippen LogP contribution in [0.15, 0.2) is 35.9 Å². The second kappa shape index (κ2) is 11.0. The number of anilines is 1. The van der Waals surface area contributed by atoms with Gasteiger partial charge in [-0.3, -0.25) is 28.9 Å². The third kappa shape index (κ3) is 4.38. The highest BCUT2D eigenvalue weighted by Crippen LogP contribution is 2.54. The van der Waals surface area contributed by atoms with Crippen molar-refractivity contribution in [1.29, 1.82) is 0 Å². The van der Waals surface area contributed by atoms with Crippen LogP contribution < -0.4 is 16.0 Å². The summed E-state index contributed by atoms with van der Waals surface area (Å²) in [6, 6.07) is 3.87. The van der Waals surface area contributed by atoms with E-state index in [0.29, 0.717) is 5.57 Å². The van der Waals surface area contributed by atoms with Crippen LogP contribution in [0.4, 0.5) is 5.69 Å². The molecule has 1 aromatic rings. The summed E-state index contributed by atoms with van der Waals surface area (Å²) >= 11 is 0. The van der Waals surface area contributed by atoms with E-state index in [2.05, 4.69) is 20.7 Å². The maximum Gasteiger partial charge on any atom is 0.305 e. The van der Waals surface area contributed by atoms with E-state index >= 15 is 0 Å². The van der Waals surface area contributed by atoms with Crippen LogP contribution in [0.1, 0.15) is 32.3 Å². The zero-order valence-corrected chi connectivity index (χ0v) is 22.3. The summed E-state index contributed by atoms with van der Waals surface area (Å²) in [4.78, 5) is 67.1. The summed E-state index contributed by atoms with van der Waals surface area (Å²) in [6.07, 6.45) is -0.351. The maximum absolute atomic E-state index is 14.2. The number of carbonyl (C=O) groups is 5. The van der Waals surface area contributed by atoms with Crippen molar-refractivity contribution in [2.45, 2.75) is 56.0 Å². The Kier molecular flexibility index (Phi) is 8.39. The number of amides is 3. The summed E-state index contributed by atoms with van der Waals surface area (Å²) < 4.78 is 10.3. The van der Waals surface area contributed by atoms with E-state index < -0.39 is 58.8 Å². The first kappa shape index (κ1) is 29.0. The Balaban J connectivity index is 2.20. The van der Waals surface area contributed by atoms with E-state index in [9.17, 15) is 29.1 Å². The highest BCUT2D eigenvalue weighted by atomic mass is 16.5. The topological polar surface area (TPSA) is 163 Å². The quantitative estimate of drug-likeness (QED) is 0.189. The molecule has 3 amide bonds. The van der Waals surface area contributed by atoms with Crippen LogP contribution in [0.5, 0.6) is 0 Å². The van der Waals surface area contributed by atoms with Crippen molar-refractivity contribution in [2.24, 2.45) is 0 Å². The van der Waals surface area contributed by atoms with Gasteiger partial charge in [-0.2, -0.15) is 0 Å². The van der Waals surface area contributed by atoms with Crippen molar-refractivity contribution < 1.29 is 38.6 Å². The molecule has 1 saturated heterocycles. The highest BCUT2D eigenvalue weighted by molar-refractivity contribution is 6.20. The Bertz CT molecular complexity index is 1180. The van der Waals surface area contributed by atoms with Crippen molar-refractivity contribution in [3.8, 4) is 0 Å². The number of hydrogen-bond acceptors (Lipinski definition) is 9. The minimum Gasteiger partial charge on any atom is -0.469 e. The Morgan fingerprint density at radius 3 is 2.45 bits per heavy atom. The molecular formula is C26H34N4O8. The van der Waals surface area contributed by atoms with E-state index in [1.165, 1.54) is 45.4 Å². The molecule has 4 N–H and O–H groups in total. The van der Waals surface area contributed by atoms with Crippen LogP contribution >= 0.6 is 0 Å². The summed E-state index contributed by atoms with van der Waals surface area (Å²) in [5.74, 6) is -3.64. The lowest BCUT2D eigenvalue weighted by Gasteiger charge is -2.47. The Morgan fingerprint density at radius 2 is 1.87 bits per heavy atom. The molecule has 12 nitrogen and oxygen atoms in total.